The molecule has 1 nitrogen and oxygen atoms in total. The Hall–Kier alpha value is -1.54. The van der Waals surface area contributed by atoms with Crippen LogP contribution in [0.2, 0.25) is 19.6 Å². The number of hydrogen-bond donors (Lipinski definition) is 0. The minimum atomic E-state index is -1.49. The van der Waals surface area contributed by atoms with Gasteiger partial charge in [-0.15, -0.1) is 0 Å². The maximum atomic E-state index is 6.31. The van der Waals surface area contributed by atoms with Crippen LogP contribution in [-0.2, 0) is 0 Å². The third kappa shape index (κ3) is 3.44. The van der Waals surface area contributed by atoms with Gasteiger partial charge in [0.15, 0.2) is 0 Å². The SMILES string of the molecule is C[Si](C)(C)c1oc(-c2ccccc2)cc1[Se]c1ccccc1. The second kappa shape index (κ2) is 6.29. The molecule has 1 aromatic heterocycles. The minimum absolute atomic E-state index is 0.299. The van der Waals surface area contributed by atoms with E-state index >= 15 is 0 Å². The van der Waals surface area contributed by atoms with E-state index in [9.17, 15) is 0 Å². The molecule has 0 atom stereocenters. The summed E-state index contributed by atoms with van der Waals surface area (Å²) in [5.41, 5.74) is 1.16. The third-order valence-electron chi connectivity index (χ3n) is 3.41. The molecular formula is C19H20OSeSi. The van der Waals surface area contributed by atoms with Gasteiger partial charge in [-0.05, 0) is 0 Å². The van der Waals surface area contributed by atoms with E-state index in [1.165, 1.54) is 14.3 Å². The molecule has 0 fully saturated rings. The van der Waals surface area contributed by atoms with Crippen molar-refractivity contribution in [2.75, 3.05) is 0 Å². The molecule has 0 saturated heterocycles. The molecule has 3 heteroatoms. The van der Waals surface area contributed by atoms with Crippen LogP contribution in [0.25, 0.3) is 11.3 Å². The summed E-state index contributed by atoms with van der Waals surface area (Å²) in [6.45, 7) is 7.06. The molecule has 2 aromatic carbocycles. The van der Waals surface area contributed by atoms with E-state index in [-0.39, 0.29) is 0 Å². The van der Waals surface area contributed by atoms with E-state index in [4.69, 9.17) is 4.42 Å². The monoisotopic (exact) mass is 372 g/mol. The van der Waals surface area contributed by atoms with Crippen molar-refractivity contribution in [3.8, 4) is 11.3 Å². The quantitative estimate of drug-likeness (QED) is 0.642. The van der Waals surface area contributed by atoms with Crippen molar-refractivity contribution in [2.45, 2.75) is 19.6 Å². The van der Waals surface area contributed by atoms with Crippen molar-refractivity contribution in [1.29, 1.82) is 0 Å². The van der Waals surface area contributed by atoms with Crippen LogP contribution in [0, 0.1) is 0 Å². The van der Waals surface area contributed by atoms with Crippen LogP contribution < -0.4 is 14.3 Å². The zero-order chi connectivity index (χ0) is 15.6. The van der Waals surface area contributed by atoms with E-state index in [2.05, 4.69) is 80.3 Å². The van der Waals surface area contributed by atoms with Crippen molar-refractivity contribution < 1.29 is 4.42 Å². The molecule has 0 N–H and O–H groups in total. The van der Waals surface area contributed by atoms with Crippen LogP contribution in [0.4, 0.5) is 0 Å². The van der Waals surface area contributed by atoms with Crippen LogP contribution >= 0.6 is 0 Å². The Bertz CT molecular complexity index is 742. The van der Waals surface area contributed by atoms with Gasteiger partial charge in [0, 0.05) is 0 Å². The van der Waals surface area contributed by atoms with E-state index in [1.54, 1.807) is 0 Å². The van der Waals surface area contributed by atoms with Gasteiger partial charge in [0.2, 0.25) is 0 Å². The first-order chi connectivity index (χ1) is 10.5. The van der Waals surface area contributed by atoms with E-state index < -0.39 is 8.07 Å². The molecule has 0 aliphatic heterocycles. The summed E-state index contributed by atoms with van der Waals surface area (Å²) in [5.74, 6) is 1.01. The molecule has 0 saturated carbocycles. The molecule has 0 unspecified atom stereocenters. The molecule has 0 spiro atoms. The van der Waals surface area contributed by atoms with Crippen LogP contribution in [0.3, 0.4) is 0 Å². The first-order valence-corrected chi connectivity index (χ1v) is 12.7. The Kier molecular flexibility index (Phi) is 4.39. The number of rotatable bonds is 4. The Morgan fingerprint density at radius 1 is 0.818 bits per heavy atom. The Morgan fingerprint density at radius 2 is 1.41 bits per heavy atom. The van der Waals surface area contributed by atoms with Gasteiger partial charge in [-0.25, -0.2) is 0 Å². The summed E-state index contributed by atoms with van der Waals surface area (Å²) in [4.78, 5) is 0. The number of furan rings is 1. The normalized spacial score (nSPS) is 11.6. The first kappa shape index (κ1) is 15.4. The van der Waals surface area contributed by atoms with Crippen molar-refractivity contribution in [3.63, 3.8) is 0 Å². The molecule has 112 valence electrons. The van der Waals surface area contributed by atoms with E-state index in [1.807, 2.05) is 6.07 Å². The van der Waals surface area contributed by atoms with Crippen LogP contribution in [0.1, 0.15) is 0 Å². The molecule has 22 heavy (non-hydrogen) atoms. The number of benzene rings is 2. The Labute approximate surface area is 139 Å². The molecule has 0 amide bonds. The first-order valence-electron chi connectivity index (χ1n) is 7.47. The van der Waals surface area contributed by atoms with Crippen LogP contribution in [0.5, 0.6) is 0 Å². The topological polar surface area (TPSA) is 13.1 Å². The third-order valence-corrected chi connectivity index (χ3v) is 7.71. The van der Waals surface area contributed by atoms with Gasteiger partial charge in [-0.3, -0.25) is 0 Å². The maximum absolute atomic E-state index is 6.31. The summed E-state index contributed by atoms with van der Waals surface area (Å²) in [7, 11) is -1.49. The molecule has 1 heterocycles. The zero-order valence-electron chi connectivity index (χ0n) is 13.2. The Balaban J connectivity index is 2.03. The molecule has 0 aliphatic carbocycles. The van der Waals surface area contributed by atoms with Crippen molar-refractivity contribution >= 4 is 37.3 Å². The summed E-state index contributed by atoms with van der Waals surface area (Å²) in [6.07, 6.45) is 0. The average Bonchev–Trinajstić information content (AvgIpc) is 2.93. The number of hydrogen-bond acceptors (Lipinski definition) is 1. The van der Waals surface area contributed by atoms with Gasteiger partial charge in [-0.2, -0.15) is 0 Å². The van der Waals surface area contributed by atoms with Gasteiger partial charge in [0.25, 0.3) is 0 Å². The van der Waals surface area contributed by atoms with Crippen molar-refractivity contribution in [1.82, 2.24) is 0 Å². The fraction of sp³-hybridized carbons (Fsp3) is 0.158. The fourth-order valence-electron chi connectivity index (χ4n) is 2.33. The van der Waals surface area contributed by atoms with E-state index in [0.29, 0.717) is 15.0 Å². The van der Waals surface area contributed by atoms with E-state index in [0.717, 1.165) is 11.3 Å². The van der Waals surface area contributed by atoms with Crippen molar-refractivity contribution in [3.05, 3.63) is 66.7 Å². The molecule has 0 radical (unpaired) electrons. The van der Waals surface area contributed by atoms with Gasteiger partial charge in [0.1, 0.15) is 0 Å². The van der Waals surface area contributed by atoms with Crippen molar-refractivity contribution in [2.24, 2.45) is 0 Å². The summed E-state index contributed by atoms with van der Waals surface area (Å²) < 4.78 is 9.11. The predicted molar refractivity (Wildman–Crippen MR) is 98.6 cm³/mol. The Morgan fingerprint density at radius 3 is 2.00 bits per heavy atom. The molecular weight excluding hydrogens is 351 g/mol. The molecule has 0 bridgehead atoms. The average molecular weight is 371 g/mol. The second-order valence-electron chi connectivity index (χ2n) is 6.34. The second-order valence-corrected chi connectivity index (χ2v) is 13.6. The van der Waals surface area contributed by atoms with Gasteiger partial charge in [0.05, 0.1) is 0 Å². The van der Waals surface area contributed by atoms with Crippen LogP contribution in [0.15, 0.2) is 71.1 Å². The summed E-state index contributed by atoms with van der Waals surface area (Å²) >= 11 is 0.299. The van der Waals surface area contributed by atoms with Crippen LogP contribution in [-0.4, -0.2) is 23.0 Å². The summed E-state index contributed by atoms with van der Waals surface area (Å²) in [5, 5.41) is 1.25. The molecule has 3 rings (SSSR count). The standard InChI is InChI=1S/C19H20OSeSi/c1-22(2,3)19-18(21-16-12-8-5-9-13-16)14-17(20-19)15-10-6-4-7-11-15/h4-14H,1-3H3. The fourth-order valence-corrected chi connectivity index (χ4v) is 7.53. The zero-order valence-corrected chi connectivity index (χ0v) is 15.9. The van der Waals surface area contributed by atoms with Gasteiger partial charge < -0.3 is 0 Å². The predicted octanol–water partition coefficient (Wildman–Crippen LogP) is 3.15. The summed E-state index contributed by atoms with van der Waals surface area (Å²) in [6, 6.07) is 23.4. The van der Waals surface area contributed by atoms with Gasteiger partial charge >= 0.3 is 139 Å². The van der Waals surface area contributed by atoms with Gasteiger partial charge in [-0.1, -0.05) is 0 Å². The molecule has 0 aliphatic rings. The molecule has 3 aromatic rings.